The summed E-state index contributed by atoms with van der Waals surface area (Å²) in [4.78, 5) is 49.3. The van der Waals surface area contributed by atoms with Crippen LogP contribution in [-0.4, -0.2) is 32.3 Å². The number of fused-ring (bicyclic) bond motifs is 1. The van der Waals surface area contributed by atoms with Crippen LogP contribution < -0.4 is 22.0 Å². The Morgan fingerprint density at radius 2 is 1.67 bits per heavy atom. The van der Waals surface area contributed by atoms with Crippen molar-refractivity contribution >= 4 is 28.5 Å². The Morgan fingerprint density at radius 3 is 2.33 bits per heavy atom. The van der Waals surface area contributed by atoms with Crippen molar-refractivity contribution in [2.45, 2.75) is 82.7 Å². The number of carboxylic acid groups (broad SMARTS) is 1. The first-order chi connectivity index (χ1) is 15.8. The monoisotopic (exact) mass is 460 g/mol. The standard InChI is InChI=1S/C23H29FN4O5/c24-17-12-16-19(13-18(17)25-14-6-2-1-3-7-14)27(15-8-4-5-9-15)23(33)28(22(16)32)26-20(29)10-11-21(30)31/h12-15,25H,1-11H2,(H,26,29)(H,30,31). The molecule has 0 radical (unpaired) electrons. The van der Waals surface area contributed by atoms with Crippen molar-refractivity contribution in [3.63, 3.8) is 0 Å². The largest absolute Gasteiger partial charge is 0.481 e. The van der Waals surface area contributed by atoms with Crippen LogP contribution in [0.2, 0.25) is 0 Å². The number of benzene rings is 1. The molecule has 178 valence electrons. The van der Waals surface area contributed by atoms with Gasteiger partial charge in [-0.1, -0.05) is 32.1 Å². The van der Waals surface area contributed by atoms with Gasteiger partial charge in [0.05, 0.1) is 23.0 Å². The Hall–Kier alpha value is -3.17. The minimum atomic E-state index is -1.17. The molecular weight excluding hydrogens is 431 g/mol. The fourth-order valence-electron chi connectivity index (χ4n) is 4.94. The number of halogens is 1. The quantitative estimate of drug-likeness (QED) is 0.584. The van der Waals surface area contributed by atoms with Crippen LogP contribution >= 0.6 is 0 Å². The van der Waals surface area contributed by atoms with Crippen LogP contribution in [0.1, 0.15) is 76.7 Å². The van der Waals surface area contributed by atoms with Crippen molar-refractivity contribution in [1.29, 1.82) is 0 Å². The first kappa shape index (κ1) is 23.0. The van der Waals surface area contributed by atoms with Crippen LogP contribution in [-0.2, 0) is 9.59 Å². The van der Waals surface area contributed by atoms with Crippen LogP contribution in [0.5, 0.6) is 0 Å². The van der Waals surface area contributed by atoms with E-state index in [4.69, 9.17) is 5.11 Å². The summed E-state index contributed by atoms with van der Waals surface area (Å²) in [6.07, 6.45) is 7.71. The molecule has 0 unspecified atom stereocenters. The molecule has 2 fully saturated rings. The van der Waals surface area contributed by atoms with Crippen molar-refractivity contribution in [3.8, 4) is 0 Å². The molecule has 0 saturated heterocycles. The number of carbonyl (C=O) groups is 2. The van der Waals surface area contributed by atoms with E-state index in [1.54, 1.807) is 0 Å². The van der Waals surface area contributed by atoms with E-state index in [2.05, 4.69) is 10.7 Å². The number of rotatable bonds is 7. The topological polar surface area (TPSA) is 122 Å². The predicted octanol–water partition coefficient (Wildman–Crippen LogP) is 3.10. The van der Waals surface area contributed by atoms with Gasteiger partial charge in [0.2, 0.25) is 5.91 Å². The second-order valence-electron chi connectivity index (χ2n) is 8.99. The zero-order chi connectivity index (χ0) is 23.5. The highest BCUT2D eigenvalue weighted by atomic mass is 19.1. The lowest BCUT2D eigenvalue weighted by Gasteiger charge is -2.25. The van der Waals surface area contributed by atoms with Gasteiger partial charge in [0, 0.05) is 18.5 Å². The van der Waals surface area contributed by atoms with Gasteiger partial charge in [0.15, 0.2) is 0 Å². The molecule has 3 N–H and O–H groups in total. The highest BCUT2D eigenvalue weighted by Gasteiger charge is 2.25. The minimum Gasteiger partial charge on any atom is -0.481 e. The fourth-order valence-corrected chi connectivity index (χ4v) is 4.94. The maximum Gasteiger partial charge on any atom is 0.351 e. The molecule has 2 saturated carbocycles. The maximum absolute atomic E-state index is 15.0. The molecule has 0 atom stereocenters. The second-order valence-corrected chi connectivity index (χ2v) is 8.99. The summed E-state index contributed by atoms with van der Waals surface area (Å²) in [5, 5.41) is 12.0. The predicted molar refractivity (Wildman–Crippen MR) is 122 cm³/mol. The highest BCUT2D eigenvalue weighted by molar-refractivity contribution is 5.87. The molecule has 0 spiro atoms. The van der Waals surface area contributed by atoms with E-state index in [0.717, 1.165) is 63.9 Å². The summed E-state index contributed by atoms with van der Waals surface area (Å²) in [5.41, 5.74) is 1.28. The summed E-state index contributed by atoms with van der Waals surface area (Å²) >= 11 is 0. The molecular formula is C23H29FN4O5. The molecule has 2 aromatic rings. The van der Waals surface area contributed by atoms with Gasteiger partial charge in [-0.2, -0.15) is 4.68 Å². The third-order valence-electron chi connectivity index (χ3n) is 6.63. The lowest BCUT2D eigenvalue weighted by atomic mass is 9.95. The van der Waals surface area contributed by atoms with E-state index in [9.17, 15) is 19.2 Å². The Balaban J connectivity index is 1.79. The number of hydrogen-bond donors (Lipinski definition) is 3. The van der Waals surface area contributed by atoms with Gasteiger partial charge in [0.1, 0.15) is 5.82 Å². The van der Waals surface area contributed by atoms with E-state index in [-0.39, 0.29) is 29.6 Å². The van der Waals surface area contributed by atoms with Gasteiger partial charge < -0.3 is 10.4 Å². The van der Waals surface area contributed by atoms with Crippen LogP contribution in [0, 0.1) is 5.82 Å². The Morgan fingerprint density at radius 1 is 1.00 bits per heavy atom. The number of aliphatic carboxylic acids is 1. The molecule has 33 heavy (non-hydrogen) atoms. The molecule has 1 heterocycles. The van der Waals surface area contributed by atoms with Crippen molar-refractivity contribution in [1.82, 2.24) is 9.24 Å². The number of nitrogens with one attached hydrogen (secondary N) is 2. The van der Waals surface area contributed by atoms with Gasteiger partial charge in [0.25, 0.3) is 5.56 Å². The van der Waals surface area contributed by atoms with E-state index < -0.39 is 35.4 Å². The number of aromatic nitrogens is 2. The average molecular weight is 461 g/mol. The maximum atomic E-state index is 15.0. The number of hydrogen-bond acceptors (Lipinski definition) is 5. The lowest BCUT2D eigenvalue weighted by molar-refractivity contribution is -0.138. The van der Waals surface area contributed by atoms with E-state index in [0.29, 0.717) is 10.2 Å². The first-order valence-electron chi connectivity index (χ1n) is 11.6. The molecule has 0 bridgehead atoms. The number of anilines is 1. The fraction of sp³-hybridized carbons (Fsp3) is 0.565. The van der Waals surface area contributed by atoms with Crippen molar-refractivity contribution < 1.29 is 19.1 Å². The third kappa shape index (κ3) is 4.94. The number of carbonyl (C=O) groups excluding carboxylic acids is 1. The third-order valence-corrected chi connectivity index (χ3v) is 6.63. The summed E-state index contributed by atoms with van der Waals surface area (Å²) < 4.78 is 17.1. The molecule has 1 aromatic heterocycles. The first-order valence-corrected chi connectivity index (χ1v) is 11.6. The van der Waals surface area contributed by atoms with Crippen molar-refractivity contribution in [3.05, 3.63) is 38.8 Å². The van der Waals surface area contributed by atoms with Crippen LogP contribution in [0.25, 0.3) is 10.9 Å². The molecule has 1 aromatic carbocycles. The molecule has 4 rings (SSSR count). The number of nitrogens with zero attached hydrogens (tertiary/aromatic N) is 2. The molecule has 9 nitrogen and oxygen atoms in total. The van der Waals surface area contributed by atoms with E-state index in [1.807, 2.05) is 0 Å². The highest BCUT2D eigenvalue weighted by Crippen LogP contribution is 2.32. The van der Waals surface area contributed by atoms with E-state index >= 15 is 4.39 Å². The molecule has 0 aliphatic heterocycles. The summed E-state index contributed by atoms with van der Waals surface area (Å²) in [6.45, 7) is 0. The Kier molecular flexibility index (Phi) is 6.80. The molecule has 10 heteroatoms. The molecule has 2 aliphatic carbocycles. The van der Waals surface area contributed by atoms with Crippen LogP contribution in [0.3, 0.4) is 0 Å². The molecule has 1 amide bonds. The summed E-state index contributed by atoms with van der Waals surface area (Å²) in [6, 6.07) is 2.63. The minimum absolute atomic E-state index is 0.00766. The zero-order valence-electron chi connectivity index (χ0n) is 18.4. The van der Waals surface area contributed by atoms with Gasteiger partial charge in [-0.25, -0.2) is 9.18 Å². The van der Waals surface area contributed by atoms with Crippen LogP contribution in [0.4, 0.5) is 10.1 Å². The number of carboxylic acids is 1. The lowest BCUT2D eigenvalue weighted by Crippen LogP contribution is -2.47. The second kappa shape index (κ2) is 9.76. The smallest absolute Gasteiger partial charge is 0.351 e. The zero-order valence-corrected chi connectivity index (χ0v) is 18.4. The molecule has 2 aliphatic rings. The van der Waals surface area contributed by atoms with Gasteiger partial charge in [-0.3, -0.25) is 24.4 Å². The normalized spacial score (nSPS) is 17.4. The van der Waals surface area contributed by atoms with Crippen LogP contribution in [0.15, 0.2) is 21.7 Å². The number of amides is 1. The summed E-state index contributed by atoms with van der Waals surface area (Å²) in [7, 11) is 0. The van der Waals surface area contributed by atoms with Gasteiger partial charge in [-0.15, -0.1) is 0 Å². The average Bonchev–Trinajstić information content (AvgIpc) is 3.32. The Bertz CT molecular complexity index is 1180. The SMILES string of the molecule is O=C(O)CCC(=O)Nn1c(=O)c2cc(F)c(NC3CCCCC3)cc2n(C2CCCC2)c1=O. The van der Waals surface area contributed by atoms with E-state index in [1.165, 1.54) is 10.6 Å². The summed E-state index contributed by atoms with van der Waals surface area (Å²) in [5.74, 6) is -2.53. The van der Waals surface area contributed by atoms with Gasteiger partial charge in [-0.05, 0) is 37.8 Å². The Labute approximate surface area is 189 Å². The van der Waals surface area contributed by atoms with Crippen molar-refractivity contribution in [2.24, 2.45) is 0 Å². The van der Waals surface area contributed by atoms with Gasteiger partial charge >= 0.3 is 11.7 Å². The van der Waals surface area contributed by atoms with Crippen molar-refractivity contribution in [2.75, 3.05) is 10.7 Å².